The van der Waals surface area contributed by atoms with E-state index in [1.54, 1.807) is 12.1 Å². The first-order valence-electron chi connectivity index (χ1n) is 12.2. The molecule has 3 rings (SSSR count). The number of hydrogen-bond donors (Lipinski definition) is 0. The van der Waals surface area contributed by atoms with Crippen molar-refractivity contribution in [2.24, 2.45) is 0 Å². The Morgan fingerprint density at radius 1 is 0.818 bits per heavy atom. The molecular formula is C29H34FNO2. The SMILES string of the molecule is CCCCCCCc1ccc(C(=O)Oc2ccc(-c3ccc(CCCC)cn3)cc2)c(F)c1. The molecule has 33 heavy (non-hydrogen) atoms. The molecular weight excluding hydrogens is 413 g/mol. The molecule has 0 bridgehead atoms. The van der Waals surface area contributed by atoms with E-state index < -0.39 is 11.8 Å². The molecule has 0 aliphatic carbocycles. The van der Waals surface area contributed by atoms with Crippen molar-refractivity contribution < 1.29 is 13.9 Å². The summed E-state index contributed by atoms with van der Waals surface area (Å²) >= 11 is 0. The van der Waals surface area contributed by atoms with Gasteiger partial charge in [-0.2, -0.15) is 0 Å². The lowest BCUT2D eigenvalue weighted by molar-refractivity contribution is 0.0730. The molecule has 1 aromatic heterocycles. The Labute approximate surface area is 197 Å². The number of carbonyl (C=O) groups excluding carboxylic acids is 1. The fraction of sp³-hybridized carbons (Fsp3) is 0.379. The maximum Gasteiger partial charge on any atom is 0.346 e. The van der Waals surface area contributed by atoms with E-state index in [9.17, 15) is 9.18 Å². The van der Waals surface area contributed by atoms with Crippen molar-refractivity contribution in [1.82, 2.24) is 4.98 Å². The molecule has 4 heteroatoms. The van der Waals surface area contributed by atoms with E-state index in [1.165, 1.54) is 37.0 Å². The predicted octanol–water partition coefficient (Wildman–Crippen LogP) is 7.96. The lowest BCUT2D eigenvalue weighted by Gasteiger charge is -2.08. The van der Waals surface area contributed by atoms with Crippen LogP contribution in [-0.2, 0) is 12.8 Å². The van der Waals surface area contributed by atoms with Gasteiger partial charge < -0.3 is 4.74 Å². The van der Waals surface area contributed by atoms with E-state index in [0.29, 0.717) is 5.75 Å². The van der Waals surface area contributed by atoms with Crippen LogP contribution in [0.3, 0.4) is 0 Å². The maximum atomic E-state index is 14.5. The van der Waals surface area contributed by atoms with Gasteiger partial charge in [0.25, 0.3) is 0 Å². The van der Waals surface area contributed by atoms with Gasteiger partial charge in [-0.1, -0.05) is 58.1 Å². The predicted molar refractivity (Wildman–Crippen MR) is 132 cm³/mol. The molecule has 3 aromatic rings. The van der Waals surface area contributed by atoms with Gasteiger partial charge in [-0.15, -0.1) is 0 Å². The molecule has 0 atom stereocenters. The highest BCUT2D eigenvalue weighted by atomic mass is 19.1. The summed E-state index contributed by atoms with van der Waals surface area (Å²) in [7, 11) is 0. The first-order chi connectivity index (χ1) is 16.1. The van der Waals surface area contributed by atoms with Crippen molar-refractivity contribution in [2.75, 3.05) is 0 Å². The minimum Gasteiger partial charge on any atom is -0.423 e. The van der Waals surface area contributed by atoms with Gasteiger partial charge in [0.15, 0.2) is 0 Å². The van der Waals surface area contributed by atoms with Crippen LogP contribution in [0.2, 0.25) is 0 Å². The molecule has 0 spiro atoms. The van der Waals surface area contributed by atoms with Crippen LogP contribution in [0.25, 0.3) is 11.3 Å². The van der Waals surface area contributed by atoms with Crippen LogP contribution in [0.4, 0.5) is 4.39 Å². The average Bonchev–Trinajstić information content (AvgIpc) is 2.83. The van der Waals surface area contributed by atoms with Gasteiger partial charge in [-0.25, -0.2) is 9.18 Å². The number of halogens is 1. The first-order valence-corrected chi connectivity index (χ1v) is 12.2. The van der Waals surface area contributed by atoms with Crippen LogP contribution in [-0.4, -0.2) is 11.0 Å². The third-order valence-electron chi connectivity index (χ3n) is 5.83. The minimum absolute atomic E-state index is 0.0434. The molecule has 0 fully saturated rings. The number of esters is 1. The number of aryl methyl sites for hydroxylation is 2. The molecule has 0 aliphatic heterocycles. The van der Waals surface area contributed by atoms with E-state index in [-0.39, 0.29) is 5.56 Å². The molecule has 0 saturated carbocycles. The molecule has 3 nitrogen and oxygen atoms in total. The Hall–Kier alpha value is -3.01. The number of ether oxygens (including phenoxy) is 1. The summed E-state index contributed by atoms with van der Waals surface area (Å²) in [6, 6.07) is 16.0. The fourth-order valence-electron chi connectivity index (χ4n) is 3.79. The Kier molecular flexibility index (Phi) is 9.61. The van der Waals surface area contributed by atoms with Gasteiger partial charge >= 0.3 is 5.97 Å². The number of pyridine rings is 1. The van der Waals surface area contributed by atoms with Crippen LogP contribution in [0.5, 0.6) is 5.75 Å². The second-order valence-corrected chi connectivity index (χ2v) is 8.55. The topological polar surface area (TPSA) is 39.2 Å². The lowest BCUT2D eigenvalue weighted by Crippen LogP contribution is -2.11. The summed E-state index contributed by atoms with van der Waals surface area (Å²) in [6.07, 6.45) is 11.9. The molecule has 0 radical (unpaired) electrons. The summed E-state index contributed by atoms with van der Waals surface area (Å²) < 4.78 is 19.9. The van der Waals surface area contributed by atoms with Crippen molar-refractivity contribution in [3.05, 3.63) is 83.3 Å². The van der Waals surface area contributed by atoms with Gasteiger partial charge in [0.1, 0.15) is 11.6 Å². The number of nitrogens with zero attached hydrogens (tertiary/aromatic N) is 1. The van der Waals surface area contributed by atoms with Crippen LogP contribution in [0.1, 0.15) is 80.3 Å². The van der Waals surface area contributed by atoms with Gasteiger partial charge in [-0.3, -0.25) is 4.98 Å². The molecule has 174 valence electrons. The summed E-state index contributed by atoms with van der Waals surface area (Å²) in [5, 5.41) is 0. The number of aromatic nitrogens is 1. The highest BCUT2D eigenvalue weighted by Gasteiger charge is 2.15. The first kappa shape index (κ1) is 24.6. The molecule has 0 amide bonds. The van der Waals surface area contributed by atoms with Crippen molar-refractivity contribution in [3.63, 3.8) is 0 Å². The zero-order valence-corrected chi connectivity index (χ0v) is 19.8. The number of carbonyl (C=O) groups is 1. The van der Waals surface area contributed by atoms with Crippen LogP contribution >= 0.6 is 0 Å². The Morgan fingerprint density at radius 2 is 1.52 bits per heavy atom. The van der Waals surface area contributed by atoms with Gasteiger partial charge in [-0.05, 0) is 79.3 Å². The van der Waals surface area contributed by atoms with Crippen molar-refractivity contribution >= 4 is 5.97 Å². The van der Waals surface area contributed by atoms with Crippen LogP contribution < -0.4 is 4.74 Å². The zero-order chi connectivity index (χ0) is 23.5. The second kappa shape index (κ2) is 12.9. The molecule has 0 N–H and O–H groups in total. The Bertz CT molecular complexity index is 1010. The maximum absolute atomic E-state index is 14.5. The van der Waals surface area contributed by atoms with E-state index in [2.05, 4.69) is 24.9 Å². The summed E-state index contributed by atoms with van der Waals surface area (Å²) in [5.41, 5.74) is 3.91. The highest BCUT2D eigenvalue weighted by Crippen LogP contribution is 2.23. The van der Waals surface area contributed by atoms with E-state index in [1.807, 2.05) is 30.5 Å². The largest absolute Gasteiger partial charge is 0.423 e. The Balaban J connectivity index is 1.56. The number of hydrogen-bond acceptors (Lipinski definition) is 3. The molecule has 0 saturated heterocycles. The van der Waals surface area contributed by atoms with E-state index >= 15 is 0 Å². The standard InChI is InChI=1S/C29H34FNO2/c1-3-5-7-8-9-11-22-12-18-26(27(30)20-22)29(32)33-25-16-14-24(15-17-25)28-19-13-23(21-31-28)10-6-4-2/h12-21H,3-11H2,1-2H3. The minimum atomic E-state index is -0.687. The number of unbranched alkanes of at least 4 members (excludes halogenated alkanes) is 5. The third kappa shape index (κ3) is 7.52. The van der Waals surface area contributed by atoms with E-state index in [4.69, 9.17) is 4.74 Å². The summed E-state index contributed by atoms with van der Waals surface area (Å²) in [5.74, 6) is -0.842. The lowest BCUT2D eigenvalue weighted by atomic mass is 10.0. The van der Waals surface area contributed by atoms with Crippen molar-refractivity contribution in [2.45, 2.75) is 71.6 Å². The Morgan fingerprint density at radius 3 is 2.18 bits per heavy atom. The summed E-state index contributed by atoms with van der Waals surface area (Å²) in [6.45, 7) is 4.36. The number of benzene rings is 2. The normalized spacial score (nSPS) is 10.9. The smallest absolute Gasteiger partial charge is 0.346 e. The highest BCUT2D eigenvalue weighted by molar-refractivity contribution is 5.91. The molecule has 1 heterocycles. The monoisotopic (exact) mass is 447 g/mol. The van der Waals surface area contributed by atoms with Gasteiger partial charge in [0, 0.05) is 11.8 Å². The number of rotatable bonds is 12. The van der Waals surface area contributed by atoms with Gasteiger partial charge in [0.2, 0.25) is 0 Å². The van der Waals surface area contributed by atoms with Crippen molar-refractivity contribution in [1.29, 1.82) is 0 Å². The fourth-order valence-corrected chi connectivity index (χ4v) is 3.79. The second-order valence-electron chi connectivity index (χ2n) is 8.55. The van der Waals surface area contributed by atoms with Crippen molar-refractivity contribution in [3.8, 4) is 17.0 Å². The van der Waals surface area contributed by atoms with E-state index in [0.717, 1.165) is 55.3 Å². The molecule has 0 unspecified atom stereocenters. The third-order valence-corrected chi connectivity index (χ3v) is 5.83. The van der Waals surface area contributed by atoms with Crippen LogP contribution in [0, 0.1) is 5.82 Å². The average molecular weight is 448 g/mol. The van der Waals surface area contributed by atoms with Crippen LogP contribution in [0.15, 0.2) is 60.8 Å². The van der Waals surface area contributed by atoms with Gasteiger partial charge in [0.05, 0.1) is 11.3 Å². The molecule has 0 aliphatic rings. The quantitative estimate of drug-likeness (QED) is 0.161. The summed E-state index contributed by atoms with van der Waals surface area (Å²) in [4.78, 5) is 17.0. The zero-order valence-electron chi connectivity index (χ0n) is 19.8. The molecule has 2 aromatic carbocycles.